The molecular weight excluding hydrogens is 266 g/mol. The van der Waals surface area contributed by atoms with Gasteiger partial charge >= 0.3 is 0 Å². The van der Waals surface area contributed by atoms with Crippen LogP contribution in [0.3, 0.4) is 0 Å². The van der Waals surface area contributed by atoms with Gasteiger partial charge in [-0.15, -0.1) is 0 Å². The van der Waals surface area contributed by atoms with Gasteiger partial charge in [-0.05, 0) is 23.8 Å². The molecule has 5 nitrogen and oxygen atoms in total. The molecule has 2 N–H and O–H groups in total. The minimum atomic E-state index is -1.51. The minimum Gasteiger partial charge on any atom is -0.364 e. The maximum Gasteiger partial charge on any atom is 0.178 e. The van der Waals surface area contributed by atoms with E-state index in [2.05, 4.69) is 22.2 Å². The van der Waals surface area contributed by atoms with Gasteiger partial charge in [0.05, 0.1) is 5.69 Å². The molecule has 0 aliphatic heterocycles. The van der Waals surface area contributed by atoms with Crippen molar-refractivity contribution in [1.29, 1.82) is 0 Å². The van der Waals surface area contributed by atoms with Crippen LogP contribution in [-0.4, -0.2) is 25.0 Å². The standard InChI is InChI=1S/C16H15N3O2/c20-16(21)13-6-8-17-15(11-13)19-14(7-9-18-19)10-12-4-2-1-3-5-12/h1-9,11,16,20-21H,10H2. The first-order chi connectivity index (χ1) is 10.2. The second-order valence-corrected chi connectivity index (χ2v) is 4.72. The summed E-state index contributed by atoms with van der Waals surface area (Å²) in [4.78, 5) is 4.24. The molecule has 1 aromatic carbocycles. The van der Waals surface area contributed by atoms with Gasteiger partial charge in [-0.2, -0.15) is 5.10 Å². The summed E-state index contributed by atoms with van der Waals surface area (Å²) >= 11 is 0. The van der Waals surface area contributed by atoms with E-state index in [1.807, 2.05) is 24.3 Å². The summed E-state index contributed by atoms with van der Waals surface area (Å²) in [5.74, 6) is 0.566. The van der Waals surface area contributed by atoms with Crippen LogP contribution in [0.5, 0.6) is 0 Å². The summed E-state index contributed by atoms with van der Waals surface area (Å²) in [5, 5.41) is 22.8. The molecule has 0 radical (unpaired) electrons. The van der Waals surface area contributed by atoms with Crippen molar-refractivity contribution >= 4 is 0 Å². The van der Waals surface area contributed by atoms with Crippen LogP contribution >= 0.6 is 0 Å². The van der Waals surface area contributed by atoms with Crippen molar-refractivity contribution in [3.05, 3.63) is 77.7 Å². The lowest BCUT2D eigenvalue weighted by Crippen LogP contribution is -2.06. The molecule has 0 aliphatic carbocycles. The van der Waals surface area contributed by atoms with Gasteiger partial charge in [0, 0.05) is 24.4 Å². The minimum absolute atomic E-state index is 0.390. The highest BCUT2D eigenvalue weighted by Crippen LogP contribution is 2.16. The van der Waals surface area contributed by atoms with E-state index in [-0.39, 0.29) is 0 Å². The molecular formula is C16H15N3O2. The predicted molar refractivity (Wildman–Crippen MR) is 77.8 cm³/mol. The maximum atomic E-state index is 9.25. The lowest BCUT2D eigenvalue weighted by Gasteiger charge is -2.09. The van der Waals surface area contributed by atoms with Gasteiger partial charge in [0.2, 0.25) is 0 Å². The van der Waals surface area contributed by atoms with Crippen LogP contribution in [0.4, 0.5) is 0 Å². The zero-order chi connectivity index (χ0) is 14.7. The molecule has 0 unspecified atom stereocenters. The molecule has 0 spiro atoms. The SMILES string of the molecule is OC(O)c1ccnc(-n2nccc2Cc2ccccc2)c1. The topological polar surface area (TPSA) is 71.2 Å². The Morgan fingerprint density at radius 1 is 1.00 bits per heavy atom. The molecule has 0 amide bonds. The molecule has 2 heterocycles. The van der Waals surface area contributed by atoms with E-state index in [9.17, 15) is 10.2 Å². The van der Waals surface area contributed by atoms with E-state index in [0.29, 0.717) is 11.4 Å². The van der Waals surface area contributed by atoms with Gasteiger partial charge < -0.3 is 10.2 Å². The van der Waals surface area contributed by atoms with Gasteiger partial charge in [-0.1, -0.05) is 30.3 Å². The zero-order valence-corrected chi connectivity index (χ0v) is 11.3. The average molecular weight is 281 g/mol. The van der Waals surface area contributed by atoms with E-state index < -0.39 is 6.29 Å². The number of benzene rings is 1. The molecule has 0 saturated carbocycles. The van der Waals surface area contributed by atoms with E-state index >= 15 is 0 Å². The monoisotopic (exact) mass is 281 g/mol. The van der Waals surface area contributed by atoms with Crippen molar-refractivity contribution in [3.63, 3.8) is 0 Å². The van der Waals surface area contributed by atoms with Crippen LogP contribution < -0.4 is 0 Å². The third-order valence-electron chi connectivity index (χ3n) is 3.23. The third-order valence-corrected chi connectivity index (χ3v) is 3.23. The molecule has 0 saturated heterocycles. The number of pyridine rings is 1. The van der Waals surface area contributed by atoms with Crippen molar-refractivity contribution in [2.45, 2.75) is 12.7 Å². The van der Waals surface area contributed by atoms with Crippen molar-refractivity contribution < 1.29 is 10.2 Å². The van der Waals surface area contributed by atoms with Crippen LogP contribution in [0.25, 0.3) is 5.82 Å². The fourth-order valence-corrected chi connectivity index (χ4v) is 2.19. The number of aliphatic hydroxyl groups excluding tert-OH is 1. The fraction of sp³-hybridized carbons (Fsp3) is 0.125. The normalized spacial score (nSPS) is 11.0. The number of aliphatic hydroxyl groups is 2. The second kappa shape index (κ2) is 5.87. The molecule has 0 aliphatic rings. The van der Waals surface area contributed by atoms with Crippen LogP contribution in [0.15, 0.2) is 60.9 Å². The number of hydrogen-bond acceptors (Lipinski definition) is 4. The molecule has 2 aromatic heterocycles. The highest BCUT2D eigenvalue weighted by atomic mass is 16.5. The van der Waals surface area contributed by atoms with E-state index in [1.165, 1.54) is 11.8 Å². The van der Waals surface area contributed by atoms with E-state index in [4.69, 9.17) is 0 Å². The lowest BCUT2D eigenvalue weighted by molar-refractivity contribution is -0.0425. The molecule has 0 fully saturated rings. The van der Waals surface area contributed by atoms with E-state index in [1.54, 1.807) is 23.0 Å². The molecule has 0 atom stereocenters. The maximum absolute atomic E-state index is 9.25. The molecule has 21 heavy (non-hydrogen) atoms. The molecule has 3 aromatic rings. The van der Waals surface area contributed by atoms with Gasteiger partial charge in [0.1, 0.15) is 0 Å². The van der Waals surface area contributed by atoms with Gasteiger partial charge in [-0.25, -0.2) is 9.67 Å². The quantitative estimate of drug-likeness (QED) is 0.716. The summed E-state index contributed by atoms with van der Waals surface area (Å²) < 4.78 is 1.71. The summed E-state index contributed by atoms with van der Waals surface area (Å²) in [6.45, 7) is 0. The Morgan fingerprint density at radius 2 is 1.81 bits per heavy atom. The van der Waals surface area contributed by atoms with Crippen LogP contribution in [0, 0.1) is 0 Å². The van der Waals surface area contributed by atoms with Crippen LogP contribution in [-0.2, 0) is 6.42 Å². The fourth-order valence-electron chi connectivity index (χ4n) is 2.19. The summed E-state index contributed by atoms with van der Waals surface area (Å²) in [6, 6.07) is 15.2. The summed E-state index contributed by atoms with van der Waals surface area (Å²) in [5.41, 5.74) is 2.55. The first-order valence-corrected chi connectivity index (χ1v) is 6.63. The first kappa shape index (κ1) is 13.5. The number of hydrogen-bond donors (Lipinski definition) is 2. The second-order valence-electron chi connectivity index (χ2n) is 4.72. The van der Waals surface area contributed by atoms with Crippen molar-refractivity contribution in [2.24, 2.45) is 0 Å². The van der Waals surface area contributed by atoms with Gasteiger partial charge in [0.25, 0.3) is 0 Å². The zero-order valence-electron chi connectivity index (χ0n) is 11.3. The predicted octanol–water partition coefficient (Wildman–Crippen LogP) is 1.84. The molecule has 3 rings (SSSR count). The molecule has 106 valence electrons. The molecule has 5 heteroatoms. The highest BCUT2D eigenvalue weighted by Gasteiger charge is 2.09. The van der Waals surface area contributed by atoms with Crippen LogP contribution in [0.2, 0.25) is 0 Å². The first-order valence-electron chi connectivity index (χ1n) is 6.63. The Hall–Kier alpha value is -2.50. The number of nitrogens with zero attached hydrogens (tertiary/aromatic N) is 3. The Kier molecular flexibility index (Phi) is 3.77. The van der Waals surface area contributed by atoms with E-state index in [0.717, 1.165) is 12.1 Å². The largest absolute Gasteiger partial charge is 0.364 e. The van der Waals surface area contributed by atoms with Crippen molar-refractivity contribution in [3.8, 4) is 5.82 Å². The van der Waals surface area contributed by atoms with Gasteiger partial charge in [0.15, 0.2) is 12.1 Å². The lowest BCUT2D eigenvalue weighted by atomic mass is 10.1. The Labute approximate surface area is 122 Å². The summed E-state index contributed by atoms with van der Waals surface area (Å²) in [6.07, 6.45) is 2.47. The highest BCUT2D eigenvalue weighted by molar-refractivity contribution is 5.31. The van der Waals surface area contributed by atoms with Gasteiger partial charge in [-0.3, -0.25) is 0 Å². The summed E-state index contributed by atoms with van der Waals surface area (Å²) in [7, 11) is 0. The van der Waals surface area contributed by atoms with Crippen LogP contribution in [0.1, 0.15) is 23.1 Å². The smallest absolute Gasteiger partial charge is 0.178 e. The average Bonchev–Trinajstić information content (AvgIpc) is 2.96. The van der Waals surface area contributed by atoms with Crippen molar-refractivity contribution in [2.75, 3.05) is 0 Å². The molecule has 0 bridgehead atoms. The Bertz CT molecular complexity index is 723. The Morgan fingerprint density at radius 3 is 2.57 bits per heavy atom. The number of rotatable bonds is 4. The van der Waals surface area contributed by atoms with Crippen molar-refractivity contribution in [1.82, 2.24) is 14.8 Å². The third kappa shape index (κ3) is 2.99. The Balaban J connectivity index is 1.94. The number of aromatic nitrogens is 3.